The van der Waals surface area contributed by atoms with Crippen molar-refractivity contribution in [3.05, 3.63) is 0 Å². The Morgan fingerprint density at radius 1 is 1.50 bits per heavy atom. The molecular formula is C8H12O4. The van der Waals surface area contributed by atoms with Crippen LogP contribution in [0, 0.1) is 5.92 Å². The summed E-state index contributed by atoms with van der Waals surface area (Å²) in [6.07, 6.45) is -0.968. The number of Topliss-reactive ketones (excluding diaryl/α,β-unsaturated/α-hetero) is 1. The fourth-order valence-electron chi connectivity index (χ4n) is 1.42. The molecule has 2 heterocycles. The lowest BCUT2D eigenvalue weighted by Gasteiger charge is -2.14. The summed E-state index contributed by atoms with van der Waals surface area (Å²) in [4.78, 5) is 11.5. The van der Waals surface area contributed by atoms with Crippen molar-refractivity contribution < 1.29 is 19.4 Å². The molecule has 4 unspecified atom stereocenters. The summed E-state index contributed by atoms with van der Waals surface area (Å²) in [6, 6.07) is 0. The first-order valence-electron chi connectivity index (χ1n) is 4.15. The summed E-state index contributed by atoms with van der Waals surface area (Å²) >= 11 is 0. The van der Waals surface area contributed by atoms with Gasteiger partial charge >= 0.3 is 0 Å². The quantitative estimate of drug-likeness (QED) is 0.572. The molecule has 4 atom stereocenters. The molecule has 68 valence electrons. The molecule has 2 aliphatic heterocycles. The Hall–Kier alpha value is -0.450. The minimum absolute atomic E-state index is 0.00694. The second-order valence-electron chi connectivity index (χ2n) is 3.36. The van der Waals surface area contributed by atoms with E-state index in [4.69, 9.17) is 9.47 Å². The highest BCUT2D eigenvalue weighted by molar-refractivity contribution is 5.88. The molecule has 0 amide bonds. The van der Waals surface area contributed by atoms with Crippen LogP contribution in [0.15, 0.2) is 0 Å². The molecule has 0 saturated carbocycles. The first-order chi connectivity index (χ1) is 5.70. The third kappa shape index (κ3) is 1.50. The number of aliphatic hydroxyl groups is 1. The predicted octanol–water partition coefficient (Wildman–Crippen LogP) is -0.650. The molecule has 12 heavy (non-hydrogen) atoms. The van der Waals surface area contributed by atoms with E-state index in [1.54, 1.807) is 6.92 Å². The SMILES string of the molecule is CC(O)C(C(=O)C1CO1)C1CO1. The number of hydrogen-bond donors (Lipinski definition) is 1. The molecule has 2 fully saturated rings. The number of carbonyl (C=O) groups excluding carboxylic acids is 1. The van der Waals surface area contributed by atoms with Gasteiger partial charge in [0.15, 0.2) is 5.78 Å². The largest absolute Gasteiger partial charge is 0.393 e. The zero-order valence-electron chi connectivity index (χ0n) is 6.90. The number of carbonyl (C=O) groups is 1. The van der Waals surface area contributed by atoms with Crippen molar-refractivity contribution in [2.75, 3.05) is 13.2 Å². The third-order valence-corrected chi connectivity index (χ3v) is 2.26. The lowest BCUT2D eigenvalue weighted by atomic mass is 9.93. The van der Waals surface area contributed by atoms with Gasteiger partial charge in [-0.1, -0.05) is 0 Å². The van der Waals surface area contributed by atoms with E-state index in [0.717, 1.165) is 0 Å². The summed E-state index contributed by atoms with van der Waals surface area (Å²) in [7, 11) is 0. The number of rotatable bonds is 4. The molecule has 2 saturated heterocycles. The van der Waals surface area contributed by atoms with Gasteiger partial charge in [0.2, 0.25) is 0 Å². The second kappa shape index (κ2) is 2.80. The van der Waals surface area contributed by atoms with E-state index < -0.39 is 6.10 Å². The van der Waals surface area contributed by atoms with E-state index in [1.807, 2.05) is 0 Å². The molecule has 4 heteroatoms. The Bertz CT molecular complexity index is 191. The normalized spacial score (nSPS) is 37.2. The van der Waals surface area contributed by atoms with E-state index in [9.17, 15) is 9.90 Å². The molecule has 0 radical (unpaired) electrons. The molecule has 2 aliphatic rings. The Labute approximate surface area is 70.5 Å². The zero-order valence-corrected chi connectivity index (χ0v) is 6.90. The van der Waals surface area contributed by atoms with Crippen molar-refractivity contribution in [2.24, 2.45) is 5.92 Å². The first kappa shape index (κ1) is 8.16. The predicted molar refractivity (Wildman–Crippen MR) is 39.7 cm³/mol. The van der Waals surface area contributed by atoms with E-state index in [0.29, 0.717) is 13.2 Å². The molecule has 0 aromatic heterocycles. The van der Waals surface area contributed by atoms with Crippen LogP contribution in [0.1, 0.15) is 6.92 Å². The summed E-state index contributed by atoms with van der Waals surface area (Å²) in [6.45, 7) is 2.72. The Morgan fingerprint density at radius 3 is 2.42 bits per heavy atom. The fourth-order valence-corrected chi connectivity index (χ4v) is 1.42. The molecule has 0 bridgehead atoms. The summed E-state index contributed by atoms with van der Waals surface area (Å²) < 4.78 is 9.86. The van der Waals surface area contributed by atoms with Gasteiger partial charge in [0.1, 0.15) is 6.10 Å². The highest BCUT2D eigenvalue weighted by Gasteiger charge is 2.46. The maximum absolute atomic E-state index is 11.5. The van der Waals surface area contributed by atoms with Crippen LogP contribution in [0.5, 0.6) is 0 Å². The van der Waals surface area contributed by atoms with E-state index in [1.165, 1.54) is 0 Å². The molecule has 0 aromatic carbocycles. The zero-order chi connectivity index (χ0) is 8.72. The minimum Gasteiger partial charge on any atom is -0.393 e. The van der Waals surface area contributed by atoms with E-state index in [2.05, 4.69) is 0 Å². The maximum Gasteiger partial charge on any atom is 0.172 e. The van der Waals surface area contributed by atoms with Gasteiger partial charge in [-0.25, -0.2) is 0 Å². The Balaban J connectivity index is 1.98. The summed E-state index contributed by atoms with van der Waals surface area (Å²) in [5.41, 5.74) is 0. The fraction of sp³-hybridized carbons (Fsp3) is 0.875. The van der Waals surface area contributed by atoms with Gasteiger partial charge in [-0.15, -0.1) is 0 Å². The molecule has 0 aromatic rings. The molecular weight excluding hydrogens is 160 g/mol. The van der Waals surface area contributed by atoms with Crippen LogP contribution in [-0.4, -0.2) is 42.4 Å². The highest BCUT2D eigenvalue weighted by Crippen LogP contribution is 2.28. The molecule has 0 spiro atoms. The smallest absolute Gasteiger partial charge is 0.172 e. The lowest BCUT2D eigenvalue weighted by molar-refractivity contribution is -0.128. The van der Waals surface area contributed by atoms with Crippen LogP contribution in [0.3, 0.4) is 0 Å². The van der Waals surface area contributed by atoms with Crippen LogP contribution in [0.2, 0.25) is 0 Å². The monoisotopic (exact) mass is 172 g/mol. The maximum atomic E-state index is 11.5. The lowest BCUT2D eigenvalue weighted by Crippen LogP contribution is -2.33. The van der Waals surface area contributed by atoms with Crippen molar-refractivity contribution in [3.8, 4) is 0 Å². The average Bonchev–Trinajstić information content (AvgIpc) is 2.84. The van der Waals surface area contributed by atoms with Crippen LogP contribution in [0.25, 0.3) is 0 Å². The standard InChI is InChI=1S/C8H12O4/c1-4(9)7(5-2-11-5)8(10)6-3-12-6/h4-7,9H,2-3H2,1H3. The van der Waals surface area contributed by atoms with Crippen LogP contribution in [0.4, 0.5) is 0 Å². The van der Waals surface area contributed by atoms with Crippen molar-refractivity contribution in [1.82, 2.24) is 0 Å². The van der Waals surface area contributed by atoms with Crippen molar-refractivity contribution >= 4 is 5.78 Å². The van der Waals surface area contributed by atoms with Crippen molar-refractivity contribution in [1.29, 1.82) is 0 Å². The van der Waals surface area contributed by atoms with E-state index in [-0.39, 0.29) is 23.9 Å². The van der Waals surface area contributed by atoms with Gasteiger partial charge in [0, 0.05) is 0 Å². The van der Waals surface area contributed by atoms with Gasteiger partial charge in [0.25, 0.3) is 0 Å². The first-order valence-corrected chi connectivity index (χ1v) is 4.15. The Kier molecular flexibility index (Phi) is 1.90. The minimum atomic E-state index is -0.630. The van der Waals surface area contributed by atoms with E-state index >= 15 is 0 Å². The molecule has 2 rings (SSSR count). The van der Waals surface area contributed by atoms with Gasteiger partial charge in [-0.05, 0) is 6.92 Å². The number of aliphatic hydroxyl groups excluding tert-OH is 1. The number of epoxide rings is 2. The second-order valence-corrected chi connectivity index (χ2v) is 3.36. The van der Waals surface area contributed by atoms with Gasteiger partial charge in [0.05, 0.1) is 31.3 Å². The van der Waals surface area contributed by atoms with Crippen LogP contribution in [-0.2, 0) is 14.3 Å². The molecule has 1 N–H and O–H groups in total. The summed E-state index contributed by atoms with van der Waals surface area (Å²) in [5.74, 6) is -0.384. The summed E-state index contributed by atoms with van der Waals surface area (Å²) in [5, 5.41) is 9.31. The topological polar surface area (TPSA) is 62.4 Å². The van der Waals surface area contributed by atoms with Crippen LogP contribution >= 0.6 is 0 Å². The molecule has 0 aliphatic carbocycles. The van der Waals surface area contributed by atoms with Crippen molar-refractivity contribution in [2.45, 2.75) is 25.2 Å². The number of hydrogen-bond acceptors (Lipinski definition) is 4. The molecule has 4 nitrogen and oxygen atoms in total. The van der Waals surface area contributed by atoms with Gasteiger partial charge < -0.3 is 14.6 Å². The van der Waals surface area contributed by atoms with Gasteiger partial charge in [-0.3, -0.25) is 4.79 Å². The third-order valence-electron chi connectivity index (χ3n) is 2.26. The number of ketones is 1. The number of ether oxygens (including phenoxy) is 2. The van der Waals surface area contributed by atoms with Crippen LogP contribution < -0.4 is 0 Å². The highest BCUT2D eigenvalue weighted by atomic mass is 16.6. The average molecular weight is 172 g/mol. The Morgan fingerprint density at radius 2 is 2.08 bits per heavy atom. The van der Waals surface area contributed by atoms with Crippen molar-refractivity contribution in [3.63, 3.8) is 0 Å². The van der Waals surface area contributed by atoms with Gasteiger partial charge in [-0.2, -0.15) is 0 Å².